The first-order chi connectivity index (χ1) is 23.8. The lowest BCUT2D eigenvalue weighted by Crippen LogP contribution is -2.39. The van der Waals surface area contributed by atoms with Gasteiger partial charge in [0.05, 0.1) is 5.69 Å². The van der Waals surface area contributed by atoms with Gasteiger partial charge in [-0.05, 0) is 11.1 Å². The first-order valence-corrected chi connectivity index (χ1v) is 14.6. The van der Waals surface area contributed by atoms with E-state index in [1.807, 2.05) is 18.2 Å². The average molecular weight is 737 g/mol. The Kier molecular flexibility index (Phi) is 12.8. The van der Waals surface area contributed by atoms with Crippen LogP contribution in [0.2, 0.25) is 5.15 Å². The molecule has 0 saturated heterocycles. The van der Waals surface area contributed by atoms with Crippen LogP contribution < -0.4 is 27.7 Å². The van der Waals surface area contributed by atoms with E-state index in [1.165, 1.54) is 4.57 Å². The van der Waals surface area contributed by atoms with Crippen LogP contribution in [0, 0.1) is 10.8 Å². The van der Waals surface area contributed by atoms with E-state index < -0.39 is 35.4 Å². The number of ketones is 2. The molecule has 0 spiro atoms. The number of hydrogen-bond donors (Lipinski definition) is 6. The van der Waals surface area contributed by atoms with Gasteiger partial charge in [0.25, 0.3) is 5.56 Å². The lowest BCUT2D eigenvalue weighted by atomic mass is 10.1. The second-order valence-electron chi connectivity index (χ2n) is 10.4. The van der Waals surface area contributed by atoms with Crippen LogP contribution in [0.4, 0.5) is 32.2 Å². The van der Waals surface area contributed by atoms with Crippen molar-refractivity contribution in [3.8, 4) is 11.3 Å². The summed E-state index contributed by atoms with van der Waals surface area (Å²) in [6, 6.07) is 23.0. The minimum absolute atomic E-state index is 0.00273. The molecule has 12 nitrogen and oxygen atoms in total. The highest BCUT2D eigenvalue weighted by atomic mass is 35.5. The molecular formula is C32H27ClF6N8O4. The predicted molar refractivity (Wildman–Crippen MR) is 175 cm³/mol. The van der Waals surface area contributed by atoms with E-state index >= 15 is 0 Å². The van der Waals surface area contributed by atoms with Gasteiger partial charge in [-0.1, -0.05) is 90.5 Å². The van der Waals surface area contributed by atoms with Crippen molar-refractivity contribution in [3.05, 3.63) is 117 Å². The Labute approximate surface area is 289 Å². The number of hydrogen-bond acceptors (Lipinski definition) is 8. The van der Waals surface area contributed by atoms with E-state index in [0.29, 0.717) is 22.4 Å². The summed E-state index contributed by atoms with van der Waals surface area (Å²) in [6.45, 7) is 0.218. The number of nitrogens with two attached hydrogens (primary N) is 2. The fourth-order valence-electron chi connectivity index (χ4n) is 4.12. The summed E-state index contributed by atoms with van der Waals surface area (Å²) in [5.41, 5.74) is 14.3. The molecule has 268 valence electrons. The van der Waals surface area contributed by atoms with Gasteiger partial charge < -0.3 is 22.1 Å². The number of rotatable bonds is 11. The smallest absolute Gasteiger partial charge is 0.384 e. The molecule has 0 atom stereocenters. The van der Waals surface area contributed by atoms with Crippen molar-refractivity contribution in [1.29, 1.82) is 10.8 Å². The van der Waals surface area contributed by atoms with Gasteiger partial charge in [0.2, 0.25) is 5.91 Å². The normalized spacial score (nSPS) is 11.1. The van der Waals surface area contributed by atoms with Crippen LogP contribution in [0.5, 0.6) is 0 Å². The van der Waals surface area contributed by atoms with E-state index in [1.54, 1.807) is 60.7 Å². The topological polar surface area (TPSA) is 210 Å². The third-order valence-corrected chi connectivity index (χ3v) is 6.94. The number of aromatic nitrogens is 2. The van der Waals surface area contributed by atoms with Crippen molar-refractivity contribution < 1.29 is 40.7 Å². The molecule has 0 aliphatic heterocycles. The summed E-state index contributed by atoms with van der Waals surface area (Å²) in [7, 11) is 0. The van der Waals surface area contributed by atoms with Crippen molar-refractivity contribution in [2.75, 3.05) is 5.32 Å². The molecule has 0 unspecified atom stereocenters. The average Bonchev–Trinajstić information content (AvgIpc) is 3.07. The molecule has 1 heterocycles. The minimum Gasteiger partial charge on any atom is -0.384 e. The predicted octanol–water partition coefficient (Wildman–Crippen LogP) is 4.31. The standard InChI is InChI=1S/C28H27ClN8O2.C4F6O2/c29-24-23(19-4-2-1-3-5-19)37(16-22(38)34-14-17-6-10-20(11-7-17)25(30)31)28(39)27(36-24)35-15-18-8-12-21(13-9-18)26(32)33;5-3(6,7)1(11)2(12)4(8,9)10/h1-13H,14-16H2,(H3,30,31)(H3,32,33)(H,34,38)(H,35,36);. The van der Waals surface area contributed by atoms with Crippen LogP contribution in [-0.4, -0.2) is 51.0 Å². The molecule has 0 aliphatic rings. The van der Waals surface area contributed by atoms with Crippen LogP contribution in [0.3, 0.4) is 0 Å². The van der Waals surface area contributed by atoms with Gasteiger partial charge in [-0.25, -0.2) is 4.98 Å². The molecule has 0 saturated carbocycles. The Morgan fingerprint density at radius 3 is 1.63 bits per heavy atom. The second kappa shape index (κ2) is 16.6. The number of carbonyl (C=O) groups excluding carboxylic acids is 3. The molecule has 19 heteroatoms. The van der Waals surface area contributed by atoms with Gasteiger partial charge in [-0.2, -0.15) is 26.3 Å². The number of amidine groups is 2. The lowest BCUT2D eigenvalue weighted by Gasteiger charge is -2.17. The number of Topliss-reactive ketones (excluding diaryl/α,β-unsaturated/α-hetero) is 2. The van der Waals surface area contributed by atoms with Gasteiger partial charge in [0, 0.05) is 29.8 Å². The summed E-state index contributed by atoms with van der Waals surface area (Å²) in [5, 5.41) is 20.9. The molecule has 1 amide bonds. The van der Waals surface area contributed by atoms with Crippen molar-refractivity contribution in [1.82, 2.24) is 14.9 Å². The highest BCUT2D eigenvalue weighted by Gasteiger charge is 2.54. The van der Waals surface area contributed by atoms with E-state index in [9.17, 15) is 45.5 Å². The van der Waals surface area contributed by atoms with Crippen molar-refractivity contribution in [2.45, 2.75) is 32.0 Å². The molecule has 0 aliphatic carbocycles. The Hall–Kier alpha value is -6.04. The molecular weight excluding hydrogens is 710 g/mol. The first kappa shape index (κ1) is 39.4. The maximum Gasteiger partial charge on any atom is 0.458 e. The maximum atomic E-state index is 13.5. The van der Waals surface area contributed by atoms with E-state index in [2.05, 4.69) is 15.6 Å². The fraction of sp³-hybridized carbons (Fsp3) is 0.156. The Morgan fingerprint density at radius 1 is 0.745 bits per heavy atom. The van der Waals surface area contributed by atoms with Crippen LogP contribution >= 0.6 is 11.6 Å². The zero-order chi connectivity index (χ0) is 38.1. The molecule has 3 aromatic carbocycles. The Balaban J connectivity index is 0.000000501. The van der Waals surface area contributed by atoms with Crippen molar-refractivity contribution >= 4 is 46.6 Å². The van der Waals surface area contributed by atoms with Crippen LogP contribution in [0.1, 0.15) is 22.3 Å². The first-order valence-electron chi connectivity index (χ1n) is 14.2. The number of alkyl halides is 6. The zero-order valence-corrected chi connectivity index (χ0v) is 26.7. The van der Waals surface area contributed by atoms with Gasteiger partial charge >= 0.3 is 23.9 Å². The van der Waals surface area contributed by atoms with Crippen LogP contribution in [-0.2, 0) is 34.0 Å². The summed E-state index contributed by atoms with van der Waals surface area (Å²) < 4.78 is 68.3. The number of amides is 1. The molecule has 51 heavy (non-hydrogen) atoms. The third kappa shape index (κ3) is 11.0. The zero-order valence-electron chi connectivity index (χ0n) is 26.0. The van der Waals surface area contributed by atoms with Gasteiger partial charge in [0.1, 0.15) is 18.2 Å². The molecule has 1 aromatic heterocycles. The highest BCUT2D eigenvalue weighted by molar-refractivity contribution is 6.41. The van der Waals surface area contributed by atoms with Gasteiger partial charge in [-0.3, -0.25) is 34.6 Å². The number of nitrogens with one attached hydrogen (secondary N) is 4. The van der Waals surface area contributed by atoms with Crippen molar-refractivity contribution in [2.24, 2.45) is 11.5 Å². The molecule has 0 bridgehead atoms. The SMILES string of the molecule is N=C(N)c1ccc(CNC(=O)Cn2c(-c3ccccc3)c(Cl)nc(NCc3ccc(C(=N)N)cc3)c2=O)cc1.O=C(C(=O)C(F)(F)F)C(F)(F)F. The number of benzene rings is 3. The summed E-state index contributed by atoms with van der Waals surface area (Å²) >= 11 is 6.57. The van der Waals surface area contributed by atoms with Gasteiger partial charge in [0.15, 0.2) is 11.0 Å². The van der Waals surface area contributed by atoms with Crippen LogP contribution in [0.15, 0.2) is 83.7 Å². The van der Waals surface area contributed by atoms with Crippen molar-refractivity contribution in [3.63, 3.8) is 0 Å². The fourth-order valence-corrected chi connectivity index (χ4v) is 4.42. The second-order valence-corrected chi connectivity index (χ2v) is 10.7. The number of halogens is 7. The molecule has 0 fully saturated rings. The van der Waals surface area contributed by atoms with E-state index in [-0.39, 0.29) is 42.3 Å². The Morgan fingerprint density at radius 2 is 1.20 bits per heavy atom. The highest BCUT2D eigenvalue weighted by Crippen LogP contribution is 2.27. The van der Waals surface area contributed by atoms with Crippen LogP contribution in [0.25, 0.3) is 11.3 Å². The third-order valence-electron chi connectivity index (χ3n) is 6.67. The Bertz CT molecular complexity index is 1960. The number of carbonyl (C=O) groups is 3. The number of anilines is 1. The number of nitrogen functional groups attached to an aromatic ring is 2. The summed E-state index contributed by atoms with van der Waals surface area (Å²) in [6.07, 6.45) is -11.5. The summed E-state index contributed by atoms with van der Waals surface area (Å²) in [4.78, 5) is 50.0. The molecule has 4 aromatic rings. The quantitative estimate of drug-likeness (QED) is 0.0564. The van der Waals surface area contributed by atoms with Gasteiger partial charge in [-0.15, -0.1) is 0 Å². The van der Waals surface area contributed by atoms with E-state index in [4.69, 9.17) is 33.9 Å². The largest absolute Gasteiger partial charge is 0.458 e. The molecule has 8 N–H and O–H groups in total. The summed E-state index contributed by atoms with van der Waals surface area (Å²) in [5.74, 6) is -7.27. The lowest BCUT2D eigenvalue weighted by molar-refractivity contribution is -0.193. The number of nitrogens with zero attached hydrogens (tertiary/aromatic N) is 2. The monoisotopic (exact) mass is 736 g/mol. The minimum atomic E-state index is -5.77. The molecule has 0 radical (unpaired) electrons. The molecule has 4 rings (SSSR count). The maximum absolute atomic E-state index is 13.5. The van der Waals surface area contributed by atoms with E-state index in [0.717, 1.165) is 11.1 Å².